The lowest BCUT2D eigenvalue weighted by atomic mass is 10.0. The summed E-state index contributed by atoms with van der Waals surface area (Å²) in [6.07, 6.45) is 0.219. The summed E-state index contributed by atoms with van der Waals surface area (Å²) < 4.78 is 0. The first-order valence-electron chi connectivity index (χ1n) is 7.86. The molecule has 7 heteroatoms. The Bertz CT molecular complexity index is 852. The molecule has 132 valence electrons. The Morgan fingerprint density at radius 2 is 1.69 bits per heavy atom. The standard InChI is InChI=1S/C19H18N4O3/c1-12(24)22-16-8-6-15(7-9-16)19(26)23-17(18(21)25)10-13-2-4-14(11-20)5-3-13/h2-9,17H,10H2,1H3,(H2,21,25)(H,22,24)(H,23,26)/t17-/m0/s1. The number of carbonyl (C=O) groups excluding carboxylic acids is 3. The van der Waals surface area contributed by atoms with Crippen molar-refractivity contribution in [1.82, 2.24) is 5.32 Å². The van der Waals surface area contributed by atoms with Crippen molar-refractivity contribution in [2.75, 3.05) is 5.32 Å². The minimum absolute atomic E-state index is 0.210. The van der Waals surface area contributed by atoms with Crippen LogP contribution in [-0.4, -0.2) is 23.8 Å². The number of primary amides is 1. The first-order valence-corrected chi connectivity index (χ1v) is 7.86. The van der Waals surface area contributed by atoms with E-state index in [-0.39, 0.29) is 12.3 Å². The van der Waals surface area contributed by atoms with E-state index in [4.69, 9.17) is 11.0 Å². The Morgan fingerprint density at radius 3 is 2.19 bits per heavy atom. The molecule has 2 aromatic carbocycles. The van der Waals surface area contributed by atoms with E-state index in [1.807, 2.05) is 6.07 Å². The SMILES string of the molecule is CC(=O)Nc1ccc(C(=O)N[C@@H](Cc2ccc(C#N)cc2)C(N)=O)cc1. The maximum absolute atomic E-state index is 12.3. The van der Waals surface area contributed by atoms with Crippen molar-refractivity contribution in [3.8, 4) is 6.07 Å². The van der Waals surface area contributed by atoms with Crippen LogP contribution in [0.5, 0.6) is 0 Å². The summed E-state index contributed by atoms with van der Waals surface area (Å²) in [5.74, 6) is -1.31. The fourth-order valence-corrected chi connectivity index (χ4v) is 2.32. The van der Waals surface area contributed by atoms with Gasteiger partial charge in [0.25, 0.3) is 5.91 Å². The van der Waals surface area contributed by atoms with Crippen molar-refractivity contribution in [2.24, 2.45) is 5.73 Å². The van der Waals surface area contributed by atoms with Gasteiger partial charge in [-0.05, 0) is 42.0 Å². The summed E-state index contributed by atoms with van der Waals surface area (Å²) in [5, 5.41) is 14.0. The summed E-state index contributed by atoms with van der Waals surface area (Å²) in [5.41, 5.74) is 7.58. The summed E-state index contributed by atoms with van der Waals surface area (Å²) in [6, 6.07) is 14.1. The van der Waals surface area contributed by atoms with Gasteiger partial charge in [0.05, 0.1) is 11.6 Å². The second-order valence-corrected chi connectivity index (χ2v) is 5.70. The highest BCUT2D eigenvalue weighted by Crippen LogP contribution is 2.11. The number of anilines is 1. The number of nitriles is 1. The molecule has 7 nitrogen and oxygen atoms in total. The number of hydrogen-bond acceptors (Lipinski definition) is 4. The monoisotopic (exact) mass is 350 g/mol. The molecule has 0 aliphatic heterocycles. The van der Waals surface area contributed by atoms with Gasteiger partial charge in [0.2, 0.25) is 11.8 Å². The Balaban J connectivity index is 2.06. The molecule has 3 amide bonds. The summed E-state index contributed by atoms with van der Waals surface area (Å²) in [4.78, 5) is 35.0. The fourth-order valence-electron chi connectivity index (χ4n) is 2.32. The molecular weight excluding hydrogens is 332 g/mol. The highest BCUT2D eigenvalue weighted by atomic mass is 16.2. The normalized spacial score (nSPS) is 11.1. The third-order valence-corrected chi connectivity index (χ3v) is 3.64. The van der Waals surface area contributed by atoms with Gasteiger partial charge in [0, 0.05) is 24.6 Å². The molecular formula is C19H18N4O3. The fraction of sp³-hybridized carbons (Fsp3) is 0.158. The van der Waals surface area contributed by atoms with Crippen molar-refractivity contribution < 1.29 is 14.4 Å². The van der Waals surface area contributed by atoms with E-state index in [9.17, 15) is 14.4 Å². The zero-order chi connectivity index (χ0) is 19.1. The predicted octanol–water partition coefficient (Wildman–Crippen LogP) is 1.34. The van der Waals surface area contributed by atoms with Gasteiger partial charge in [0.1, 0.15) is 6.04 Å². The van der Waals surface area contributed by atoms with Crippen LogP contribution < -0.4 is 16.4 Å². The lowest BCUT2D eigenvalue weighted by Crippen LogP contribution is -2.45. The summed E-state index contributed by atoms with van der Waals surface area (Å²) >= 11 is 0. The number of amides is 3. The lowest BCUT2D eigenvalue weighted by Gasteiger charge is -2.16. The van der Waals surface area contributed by atoms with Crippen LogP contribution in [0.2, 0.25) is 0 Å². The van der Waals surface area contributed by atoms with Crippen LogP contribution >= 0.6 is 0 Å². The number of hydrogen-bond donors (Lipinski definition) is 3. The zero-order valence-corrected chi connectivity index (χ0v) is 14.2. The van der Waals surface area contributed by atoms with Gasteiger partial charge in [-0.25, -0.2) is 0 Å². The van der Waals surface area contributed by atoms with Gasteiger partial charge >= 0.3 is 0 Å². The zero-order valence-electron chi connectivity index (χ0n) is 14.2. The number of nitrogens with zero attached hydrogens (tertiary/aromatic N) is 1. The Hall–Kier alpha value is -3.66. The van der Waals surface area contributed by atoms with Crippen molar-refractivity contribution in [1.29, 1.82) is 5.26 Å². The van der Waals surface area contributed by atoms with Crippen molar-refractivity contribution in [3.63, 3.8) is 0 Å². The number of rotatable bonds is 6. The van der Waals surface area contributed by atoms with E-state index < -0.39 is 17.9 Å². The van der Waals surface area contributed by atoms with E-state index in [1.165, 1.54) is 6.92 Å². The second-order valence-electron chi connectivity index (χ2n) is 5.70. The number of carbonyl (C=O) groups is 3. The average Bonchev–Trinajstić information content (AvgIpc) is 2.61. The smallest absolute Gasteiger partial charge is 0.251 e. The first-order chi connectivity index (χ1) is 12.4. The highest BCUT2D eigenvalue weighted by Gasteiger charge is 2.19. The Kier molecular flexibility index (Phi) is 6.06. The third-order valence-electron chi connectivity index (χ3n) is 3.64. The van der Waals surface area contributed by atoms with Crippen LogP contribution in [0.3, 0.4) is 0 Å². The molecule has 0 unspecified atom stereocenters. The topological polar surface area (TPSA) is 125 Å². The van der Waals surface area contributed by atoms with Crippen LogP contribution in [0.15, 0.2) is 48.5 Å². The maximum Gasteiger partial charge on any atom is 0.251 e. The third kappa shape index (κ3) is 5.18. The van der Waals surface area contributed by atoms with E-state index in [2.05, 4.69) is 10.6 Å². The average molecular weight is 350 g/mol. The van der Waals surface area contributed by atoms with Gasteiger partial charge < -0.3 is 16.4 Å². The summed E-state index contributed by atoms with van der Waals surface area (Å²) in [6.45, 7) is 1.39. The molecule has 0 saturated carbocycles. The number of nitrogens with two attached hydrogens (primary N) is 1. The van der Waals surface area contributed by atoms with E-state index in [1.54, 1.807) is 48.5 Å². The molecule has 1 atom stereocenters. The van der Waals surface area contributed by atoms with Gasteiger partial charge in [0.15, 0.2) is 0 Å². The molecule has 0 aromatic heterocycles. The van der Waals surface area contributed by atoms with Crippen LogP contribution in [0.25, 0.3) is 0 Å². The van der Waals surface area contributed by atoms with E-state index in [0.29, 0.717) is 16.8 Å². The van der Waals surface area contributed by atoms with Gasteiger partial charge in [-0.1, -0.05) is 12.1 Å². The van der Waals surface area contributed by atoms with Gasteiger partial charge in [-0.3, -0.25) is 14.4 Å². The molecule has 0 spiro atoms. The van der Waals surface area contributed by atoms with Crippen LogP contribution in [0.1, 0.15) is 28.4 Å². The molecule has 4 N–H and O–H groups in total. The summed E-state index contributed by atoms with van der Waals surface area (Å²) in [7, 11) is 0. The van der Waals surface area contributed by atoms with Crippen LogP contribution in [0, 0.1) is 11.3 Å². The molecule has 26 heavy (non-hydrogen) atoms. The predicted molar refractivity (Wildman–Crippen MR) is 96.1 cm³/mol. The van der Waals surface area contributed by atoms with Crippen molar-refractivity contribution in [3.05, 3.63) is 65.2 Å². The highest BCUT2D eigenvalue weighted by molar-refractivity contribution is 5.98. The van der Waals surface area contributed by atoms with Gasteiger partial charge in [-0.2, -0.15) is 5.26 Å². The van der Waals surface area contributed by atoms with Gasteiger partial charge in [-0.15, -0.1) is 0 Å². The largest absolute Gasteiger partial charge is 0.368 e. The molecule has 0 fully saturated rings. The minimum atomic E-state index is -0.884. The van der Waals surface area contributed by atoms with E-state index >= 15 is 0 Å². The van der Waals surface area contributed by atoms with Crippen LogP contribution in [0.4, 0.5) is 5.69 Å². The van der Waals surface area contributed by atoms with Crippen molar-refractivity contribution in [2.45, 2.75) is 19.4 Å². The quantitative estimate of drug-likeness (QED) is 0.727. The molecule has 0 aliphatic rings. The minimum Gasteiger partial charge on any atom is -0.368 e. The Labute approximate surface area is 150 Å². The molecule has 0 saturated heterocycles. The number of nitrogens with one attached hydrogen (secondary N) is 2. The van der Waals surface area contributed by atoms with Crippen LogP contribution in [-0.2, 0) is 16.0 Å². The molecule has 0 radical (unpaired) electrons. The lowest BCUT2D eigenvalue weighted by molar-refractivity contribution is -0.119. The molecule has 0 aliphatic carbocycles. The van der Waals surface area contributed by atoms with Crippen molar-refractivity contribution >= 4 is 23.4 Å². The first kappa shape index (κ1) is 18.7. The maximum atomic E-state index is 12.3. The number of benzene rings is 2. The Morgan fingerprint density at radius 1 is 1.08 bits per heavy atom. The molecule has 2 rings (SSSR count). The van der Waals surface area contributed by atoms with E-state index in [0.717, 1.165) is 5.56 Å². The molecule has 2 aromatic rings. The second kappa shape index (κ2) is 8.44. The molecule has 0 heterocycles. The molecule has 0 bridgehead atoms.